The van der Waals surface area contributed by atoms with Crippen molar-refractivity contribution in [3.63, 3.8) is 0 Å². The predicted octanol–water partition coefficient (Wildman–Crippen LogP) is 24.5. The van der Waals surface area contributed by atoms with Gasteiger partial charge in [0.25, 0.3) is 29.1 Å². The van der Waals surface area contributed by atoms with Gasteiger partial charge in [-0.05, 0) is 180 Å². The molecule has 4 saturated heterocycles. The molecule has 0 aliphatic carbocycles. The number of carbonyl (C=O) groups excluding carboxylic acids is 5. The van der Waals surface area contributed by atoms with Gasteiger partial charge in [0, 0.05) is 144 Å². The zero-order chi connectivity index (χ0) is 106. The highest BCUT2D eigenvalue weighted by molar-refractivity contribution is 8.01. The number of nitrogen functional groups attached to an aromatic ring is 1. The third-order valence-corrected chi connectivity index (χ3v) is 31.6. The first-order valence-corrected chi connectivity index (χ1v) is 55.0. The van der Waals surface area contributed by atoms with Crippen LogP contribution in [-0.4, -0.2) is 181 Å². The topological polar surface area (TPSA) is 473 Å². The smallest absolute Gasteiger partial charge is 0.335 e. The van der Waals surface area contributed by atoms with Gasteiger partial charge in [0.2, 0.25) is 34.7 Å². The van der Waals surface area contributed by atoms with Crippen LogP contribution in [0.3, 0.4) is 0 Å². The summed E-state index contributed by atoms with van der Waals surface area (Å²) >= 11 is 17.9. The Hall–Kier alpha value is -11.8. The number of oxazole rings is 4. The average Bonchev–Trinajstić information content (AvgIpc) is 0.908. The van der Waals surface area contributed by atoms with Gasteiger partial charge >= 0.3 is 5.97 Å². The van der Waals surface area contributed by atoms with E-state index < -0.39 is 21.1 Å². The summed E-state index contributed by atoms with van der Waals surface area (Å²) < 4.78 is 27.9. The number of nitrogens with two attached hydrogens (primary N) is 1. The second-order valence-electron chi connectivity index (χ2n) is 39.1. The number of carboxylic acid groups (broad SMARTS) is 1. The Morgan fingerprint density at radius 1 is 0.459 bits per heavy atom. The van der Waals surface area contributed by atoms with E-state index in [0.717, 1.165) is 161 Å². The molecule has 148 heavy (non-hydrogen) atoms. The highest BCUT2D eigenvalue weighted by Gasteiger charge is 2.33. The van der Waals surface area contributed by atoms with Gasteiger partial charge in [-0.2, -0.15) is 0 Å². The van der Waals surface area contributed by atoms with E-state index in [1.165, 1.54) is 60.4 Å². The fourth-order valence-electron chi connectivity index (χ4n) is 15.1. The lowest BCUT2D eigenvalue weighted by molar-refractivity contribution is -0.385. The molecule has 4 fully saturated rings. The molecule has 9 N–H and O–H groups in total. The van der Waals surface area contributed by atoms with E-state index in [-0.39, 0.29) is 95.2 Å². The first-order valence-electron chi connectivity index (χ1n) is 47.5. The van der Waals surface area contributed by atoms with Crippen molar-refractivity contribution in [1.82, 2.24) is 59.9 Å². The van der Waals surface area contributed by atoms with E-state index in [4.69, 9.17) is 40.1 Å². The SMILES string of the molecule is C.C.C=CC(=O)Cl.C=CC(=O)Nc1ccc(C(=O)N2CCC[C@@H](Nc3ncc(SCc4ncc(C(C)(C)C)o4)s3)C2)c(C)c1.CC(C)(C)c1cnc(CSc2cnc(N[C@@H]3CCCNC3)s2)o1.Cc1cc(N)ccc1C(=O)N1CCC[C@@H](Nc2ncc(SCc3ncc(C(C)(C)C)o3)s2)C1.Cc1cc([N+](=O)[O-])ccc1C(=O)N1CCC[C@@H](Nc2ncc(SCc3ncc(C(C)(C)C)o3)s2)C1.Cc1cc([N+](=O)[O-])ccc1C(=O)O. The number of aryl methyl sites for hydroxylation is 4. The number of carboxylic acids is 1. The molecule has 35 nitrogen and oxygen atoms in total. The number of likely N-dealkylation sites (tertiary alicyclic amines) is 3. The van der Waals surface area contributed by atoms with Crippen molar-refractivity contribution in [2.75, 3.05) is 84.7 Å². The summed E-state index contributed by atoms with van der Waals surface area (Å²) in [5.74, 6) is 7.83. The molecule has 8 aromatic heterocycles. The van der Waals surface area contributed by atoms with Crippen molar-refractivity contribution in [3.05, 3.63) is 259 Å². The molecule has 4 aliphatic rings. The molecule has 12 aromatic rings. The Morgan fingerprint density at radius 2 is 0.764 bits per heavy atom. The maximum absolute atomic E-state index is 13.3. The van der Waals surface area contributed by atoms with Gasteiger partial charge in [0.15, 0.2) is 20.5 Å². The van der Waals surface area contributed by atoms with Crippen molar-refractivity contribution in [1.29, 1.82) is 0 Å². The molecule has 796 valence electrons. The number of piperidine rings is 4. The monoisotopic (exact) mass is 2190 g/mol. The van der Waals surface area contributed by atoms with E-state index in [1.54, 1.807) is 130 Å². The highest BCUT2D eigenvalue weighted by atomic mass is 35.5. The molecular weight excluding hydrogens is 2060 g/mol. The van der Waals surface area contributed by atoms with Crippen LogP contribution in [0.2, 0.25) is 0 Å². The van der Waals surface area contributed by atoms with Gasteiger partial charge in [-0.3, -0.25) is 44.2 Å². The minimum absolute atomic E-state index is 0. The number of anilines is 6. The standard InChI is InChI=1S/C27H33N5O3S2.C24H29N5O4S2.C24H31N5O2S2.C16H24N4OS2.C8H7NO4.C3H3ClO.2CH4/c1-6-22(33)30-18-9-10-20(17(2)12-18)25(34)32-11-7-8-19(15-32)31-26-29-14-24(37-26)36-16-23-28-13-21(35-23)27(3,4)5;1-15-10-17(29(31)32)7-8-18(15)22(30)28-9-5-6-16(13-28)27-23-26-12-21(35-23)34-14-20-25-11-19(33-20)24(2,3)4;1-15-10-16(25)7-8-18(15)22(30)29-9-5-6-17(13-29)28-23-27-12-21(33-23)32-14-20-26-11-19(31-20)24(2,3)4;1-16(2,3)12-8-18-13(21-12)10-22-14-9-19-15(23-14)20-11-5-4-6-17-7-11;1-5-4-6(9(12)13)2-3-7(5)8(10)11;1-2-3(4)5;;/h6,9-10,12-14,19H,1,7-8,11,15-16H2,2-5H3,(H,29,31)(H,30,33);7-8,10-12,16H,5-6,9,13-14H2,1-4H3,(H,26,27);7-8,10-12,17H,5-6,9,13-14,25H2,1-4H3,(H,27,28);8-9,11,17H,4-7,10H2,1-3H3,(H,19,20);2-4H,1H3,(H,10,11);2H,1H2;2*1H4/t19-;16-;17-;11-;;;;/m1111..../s1. The molecule has 0 spiro atoms. The molecular formula is C104H135ClN20O15S8. The van der Waals surface area contributed by atoms with Crippen LogP contribution in [0, 0.1) is 47.9 Å². The molecule has 0 radical (unpaired) electrons. The van der Waals surface area contributed by atoms with Crippen LogP contribution in [0.1, 0.15) is 260 Å². The Morgan fingerprint density at radius 3 is 1.04 bits per heavy atom. The molecule has 0 unspecified atom stereocenters. The Kier molecular flexibility index (Phi) is 45.0. The maximum atomic E-state index is 13.3. The Balaban J connectivity index is 0.000000208. The Labute approximate surface area is 902 Å². The molecule has 4 aliphatic heterocycles. The number of non-ortho nitro benzene ring substituents is 2. The molecule has 16 rings (SSSR count). The van der Waals surface area contributed by atoms with Crippen LogP contribution in [0.25, 0.3) is 0 Å². The largest absolute Gasteiger partial charge is 0.478 e. The number of hydrogen-bond donors (Lipinski definition) is 8. The second kappa shape index (κ2) is 55.6. The third kappa shape index (κ3) is 36.8. The fraction of sp³-hybridized carbons (Fsp3) is 0.442. The number of nitrogens with zero attached hydrogens (tertiary/aromatic N) is 13. The summed E-state index contributed by atoms with van der Waals surface area (Å²) in [5.41, 5.74) is 11.6. The zero-order valence-corrected chi connectivity index (χ0v) is 92.1. The molecule has 0 bridgehead atoms. The molecule has 0 saturated carbocycles. The van der Waals surface area contributed by atoms with Crippen LogP contribution in [0.5, 0.6) is 0 Å². The lowest BCUT2D eigenvalue weighted by Gasteiger charge is -2.33. The van der Waals surface area contributed by atoms with E-state index >= 15 is 0 Å². The number of rotatable bonds is 29. The summed E-state index contributed by atoms with van der Waals surface area (Å²) in [6.07, 6.45) is 25.2. The molecule has 4 aromatic carbocycles. The van der Waals surface area contributed by atoms with E-state index in [2.05, 4.69) is 168 Å². The summed E-state index contributed by atoms with van der Waals surface area (Å²) in [4.78, 5) is 132. The van der Waals surface area contributed by atoms with Gasteiger partial charge in [0.05, 0.1) is 105 Å². The van der Waals surface area contributed by atoms with Gasteiger partial charge < -0.3 is 75.1 Å². The molecule has 4 atom stereocenters. The quantitative estimate of drug-likeness (QED) is 0.00539. The van der Waals surface area contributed by atoms with Crippen LogP contribution in [0.4, 0.5) is 43.3 Å². The number of nitrogens with one attached hydrogen (secondary N) is 6. The number of nitro groups is 2. The number of benzene rings is 4. The van der Waals surface area contributed by atoms with Crippen LogP contribution >= 0.6 is 104 Å². The average molecular weight is 2200 g/mol. The first-order chi connectivity index (χ1) is 69.2. The number of allylic oxidation sites excluding steroid dienone is 1. The van der Waals surface area contributed by atoms with Crippen LogP contribution < -0.4 is 37.6 Å². The Bertz CT molecular complexity index is 6470. The summed E-state index contributed by atoms with van der Waals surface area (Å²) in [6, 6.07) is 19.7. The minimum atomic E-state index is -1.08. The van der Waals surface area contributed by atoms with Crippen molar-refractivity contribution in [2.24, 2.45) is 0 Å². The molecule has 12 heterocycles. The summed E-state index contributed by atoms with van der Waals surface area (Å²) in [7, 11) is 0. The van der Waals surface area contributed by atoms with Crippen molar-refractivity contribution in [3.8, 4) is 0 Å². The number of aromatic nitrogens is 8. The molecule has 44 heteroatoms. The van der Waals surface area contributed by atoms with E-state index in [1.807, 2.05) is 90.1 Å². The van der Waals surface area contributed by atoms with E-state index in [0.29, 0.717) is 94.9 Å². The predicted molar refractivity (Wildman–Crippen MR) is 597 cm³/mol. The van der Waals surface area contributed by atoms with Gasteiger partial charge in [-0.15, -0.1) is 47.0 Å². The summed E-state index contributed by atoms with van der Waals surface area (Å²) in [5, 5.41) is 53.1. The fourth-order valence-corrected chi connectivity index (χ4v) is 22.3. The normalized spacial score (nSPS) is 15.6. The number of aromatic carboxylic acids is 1. The number of halogens is 1. The number of amides is 4. The van der Waals surface area contributed by atoms with Gasteiger partial charge in [-0.25, -0.2) is 44.7 Å². The summed E-state index contributed by atoms with van der Waals surface area (Å²) in [6.45, 7) is 45.1. The van der Waals surface area contributed by atoms with Crippen molar-refractivity contribution in [2.45, 2.75) is 263 Å². The molecule has 4 amide bonds. The van der Waals surface area contributed by atoms with Crippen molar-refractivity contribution < 1.29 is 61.4 Å². The lowest BCUT2D eigenvalue weighted by atomic mass is 9.94. The second-order valence-corrected chi connectivity index (χ2v) is 48.7. The number of hydrogen-bond acceptors (Lipinski definition) is 36. The van der Waals surface area contributed by atoms with E-state index in [9.17, 15) is 49.0 Å². The zero-order valence-electron chi connectivity index (χ0n) is 84.8. The van der Waals surface area contributed by atoms with Gasteiger partial charge in [-0.1, -0.05) is 156 Å². The number of nitro benzene ring substituents is 2. The highest BCUT2D eigenvalue weighted by Crippen LogP contribution is 2.40. The van der Waals surface area contributed by atoms with Crippen molar-refractivity contribution >= 4 is 182 Å². The minimum Gasteiger partial charge on any atom is -0.478 e. The number of thiazole rings is 4. The van der Waals surface area contributed by atoms with Gasteiger partial charge in [0.1, 0.15) is 23.0 Å². The lowest BCUT2D eigenvalue weighted by Crippen LogP contribution is -2.45. The van der Waals surface area contributed by atoms with Crippen LogP contribution in [-0.2, 0) is 54.3 Å². The maximum Gasteiger partial charge on any atom is 0.335 e. The number of thioether (sulfide) groups is 4. The first kappa shape index (κ1) is 120. The number of carbonyl (C=O) groups is 6. The van der Waals surface area contributed by atoms with Crippen LogP contribution in [0.15, 0.2) is 182 Å². The third-order valence-electron chi connectivity index (χ3n) is 23.0.